The molecule has 1 saturated heterocycles. The molecule has 1 aliphatic rings. The first kappa shape index (κ1) is 13.6. The summed E-state index contributed by atoms with van der Waals surface area (Å²) in [5, 5.41) is 0. The largest absolute Gasteiger partial charge is 0.378 e. The summed E-state index contributed by atoms with van der Waals surface area (Å²) in [6.45, 7) is 3.33. The number of benzene rings is 1. The van der Waals surface area contributed by atoms with E-state index in [9.17, 15) is 4.79 Å². The van der Waals surface area contributed by atoms with Crippen molar-refractivity contribution in [1.29, 1.82) is 0 Å². The first-order valence-corrected chi connectivity index (χ1v) is 7.11. The Hall–Kier alpha value is -2.33. The second-order valence-corrected chi connectivity index (χ2v) is 4.97. The predicted octanol–water partition coefficient (Wildman–Crippen LogP) is 2.75. The van der Waals surface area contributed by atoms with Gasteiger partial charge in [0.05, 0.1) is 13.2 Å². The highest BCUT2D eigenvalue weighted by Gasteiger charge is 2.11. The van der Waals surface area contributed by atoms with Gasteiger partial charge in [0.15, 0.2) is 5.78 Å². The van der Waals surface area contributed by atoms with E-state index in [1.54, 1.807) is 12.2 Å². The van der Waals surface area contributed by atoms with E-state index in [0.29, 0.717) is 5.56 Å². The van der Waals surface area contributed by atoms with Crippen molar-refractivity contribution in [2.45, 2.75) is 0 Å². The summed E-state index contributed by atoms with van der Waals surface area (Å²) >= 11 is 0. The molecule has 0 bridgehead atoms. The Balaban J connectivity index is 1.67. The number of ketones is 1. The molecule has 21 heavy (non-hydrogen) atoms. The van der Waals surface area contributed by atoms with Gasteiger partial charge in [0.25, 0.3) is 0 Å². The van der Waals surface area contributed by atoms with Crippen LogP contribution in [0.15, 0.2) is 48.7 Å². The van der Waals surface area contributed by atoms with Gasteiger partial charge in [-0.15, -0.1) is 0 Å². The SMILES string of the molecule is O=C(/C=C/c1ccc[nH]1)c1ccc(N2CCOCC2)cc1. The second-order valence-electron chi connectivity index (χ2n) is 4.97. The summed E-state index contributed by atoms with van der Waals surface area (Å²) in [7, 11) is 0. The van der Waals surface area contributed by atoms with Crippen molar-refractivity contribution >= 4 is 17.5 Å². The summed E-state index contributed by atoms with van der Waals surface area (Å²) < 4.78 is 5.34. The van der Waals surface area contributed by atoms with Crippen LogP contribution in [-0.4, -0.2) is 37.1 Å². The quantitative estimate of drug-likeness (QED) is 0.693. The molecule has 2 aromatic rings. The molecule has 1 aliphatic heterocycles. The molecule has 3 rings (SSSR count). The standard InChI is InChI=1S/C17H18N2O2/c20-17(8-5-15-2-1-9-18-15)14-3-6-16(7-4-14)19-10-12-21-13-11-19/h1-9,18H,10-13H2/b8-5+. The maximum atomic E-state index is 12.1. The smallest absolute Gasteiger partial charge is 0.185 e. The highest BCUT2D eigenvalue weighted by molar-refractivity contribution is 6.06. The minimum absolute atomic E-state index is 0.0122. The molecule has 0 atom stereocenters. The number of carbonyl (C=O) groups is 1. The van der Waals surface area contributed by atoms with Gasteiger partial charge >= 0.3 is 0 Å². The Morgan fingerprint density at radius 1 is 1.14 bits per heavy atom. The van der Waals surface area contributed by atoms with Crippen molar-refractivity contribution in [2.75, 3.05) is 31.2 Å². The zero-order valence-corrected chi connectivity index (χ0v) is 11.8. The number of hydrogen-bond acceptors (Lipinski definition) is 3. The minimum Gasteiger partial charge on any atom is -0.378 e. The van der Waals surface area contributed by atoms with Crippen LogP contribution >= 0.6 is 0 Å². The number of hydrogen-bond donors (Lipinski definition) is 1. The van der Waals surface area contributed by atoms with Gasteiger partial charge < -0.3 is 14.6 Å². The summed E-state index contributed by atoms with van der Waals surface area (Å²) in [6.07, 6.45) is 5.22. The number of aromatic amines is 1. The number of anilines is 1. The Morgan fingerprint density at radius 3 is 2.57 bits per heavy atom. The second kappa shape index (κ2) is 6.41. The number of allylic oxidation sites excluding steroid dienone is 1. The fourth-order valence-electron chi connectivity index (χ4n) is 2.37. The lowest BCUT2D eigenvalue weighted by Gasteiger charge is -2.28. The molecular weight excluding hydrogens is 264 g/mol. The van der Waals surface area contributed by atoms with Crippen molar-refractivity contribution in [1.82, 2.24) is 4.98 Å². The molecule has 2 heterocycles. The van der Waals surface area contributed by atoms with Crippen LogP contribution in [0.2, 0.25) is 0 Å². The average Bonchev–Trinajstić information content (AvgIpc) is 3.07. The highest BCUT2D eigenvalue weighted by Crippen LogP contribution is 2.17. The molecule has 0 radical (unpaired) electrons. The third-order valence-corrected chi connectivity index (χ3v) is 3.56. The third kappa shape index (κ3) is 3.41. The van der Waals surface area contributed by atoms with Crippen LogP contribution in [0.25, 0.3) is 6.08 Å². The van der Waals surface area contributed by atoms with Gasteiger partial charge in [-0.25, -0.2) is 0 Å². The molecule has 1 aromatic carbocycles. The topological polar surface area (TPSA) is 45.3 Å². The Morgan fingerprint density at radius 2 is 1.90 bits per heavy atom. The number of nitrogens with one attached hydrogen (secondary N) is 1. The first-order chi connectivity index (χ1) is 10.3. The van der Waals surface area contributed by atoms with Crippen LogP contribution in [0.1, 0.15) is 16.1 Å². The molecule has 0 unspecified atom stereocenters. The summed E-state index contributed by atoms with van der Waals surface area (Å²) in [5.41, 5.74) is 2.77. The number of ether oxygens (including phenoxy) is 1. The Labute approximate surface area is 124 Å². The van der Waals surface area contributed by atoms with E-state index >= 15 is 0 Å². The number of nitrogens with zero attached hydrogens (tertiary/aromatic N) is 1. The predicted molar refractivity (Wildman–Crippen MR) is 83.6 cm³/mol. The lowest BCUT2D eigenvalue weighted by Crippen LogP contribution is -2.36. The summed E-state index contributed by atoms with van der Waals surface area (Å²) in [4.78, 5) is 17.4. The number of carbonyl (C=O) groups excluding carboxylic acids is 1. The minimum atomic E-state index is 0.0122. The number of rotatable bonds is 4. The third-order valence-electron chi connectivity index (χ3n) is 3.56. The van der Waals surface area contributed by atoms with Gasteiger partial charge in [-0.3, -0.25) is 4.79 Å². The van der Waals surface area contributed by atoms with E-state index in [-0.39, 0.29) is 5.78 Å². The zero-order valence-electron chi connectivity index (χ0n) is 11.8. The van der Waals surface area contributed by atoms with Gasteiger partial charge in [-0.2, -0.15) is 0 Å². The van der Waals surface area contributed by atoms with Crippen LogP contribution in [0.4, 0.5) is 5.69 Å². The molecule has 0 amide bonds. The molecule has 4 heteroatoms. The number of morpholine rings is 1. The molecule has 1 fully saturated rings. The van der Waals surface area contributed by atoms with Crippen LogP contribution in [-0.2, 0) is 4.74 Å². The fourth-order valence-corrected chi connectivity index (χ4v) is 2.37. The van der Waals surface area contributed by atoms with Crippen LogP contribution in [0.3, 0.4) is 0 Å². The maximum absolute atomic E-state index is 12.1. The van der Waals surface area contributed by atoms with Crippen molar-refractivity contribution in [3.8, 4) is 0 Å². The van der Waals surface area contributed by atoms with Gasteiger partial charge in [0.1, 0.15) is 0 Å². The molecule has 0 saturated carbocycles. The van der Waals surface area contributed by atoms with E-state index in [2.05, 4.69) is 9.88 Å². The van der Waals surface area contributed by atoms with E-state index in [0.717, 1.165) is 37.7 Å². The van der Waals surface area contributed by atoms with Crippen molar-refractivity contribution in [3.63, 3.8) is 0 Å². The zero-order chi connectivity index (χ0) is 14.5. The fraction of sp³-hybridized carbons (Fsp3) is 0.235. The number of H-pyrrole nitrogens is 1. The van der Waals surface area contributed by atoms with E-state index < -0.39 is 0 Å². The van der Waals surface area contributed by atoms with Crippen molar-refractivity contribution < 1.29 is 9.53 Å². The molecule has 1 N–H and O–H groups in total. The Kier molecular flexibility index (Phi) is 4.17. The lowest BCUT2D eigenvalue weighted by atomic mass is 10.1. The van der Waals surface area contributed by atoms with Crippen LogP contribution in [0, 0.1) is 0 Å². The molecule has 108 valence electrons. The van der Waals surface area contributed by atoms with Gasteiger partial charge in [0.2, 0.25) is 0 Å². The van der Waals surface area contributed by atoms with E-state index in [1.807, 2.05) is 42.6 Å². The van der Waals surface area contributed by atoms with Gasteiger partial charge in [-0.1, -0.05) is 0 Å². The van der Waals surface area contributed by atoms with Crippen molar-refractivity contribution in [3.05, 3.63) is 59.9 Å². The molecule has 0 aliphatic carbocycles. The molecular formula is C17H18N2O2. The van der Waals surface area contributed by atoms with Crippen molar-refractivity contribution in [2.24, 2.45) is 0 Å². The van der Waals surface area contributed by atoms with E-state index in [1.165, 1.54) is 0 Å². The average molecular weight is 282 g/mol. The summed E-state index contributed by atoms with van der Waals surface area (Å²) in [6, 6.07) is 11.6. The van der Waals surface area contributed by atoms with Gasteiger partial charge in [0, 0.05) is 36.2 Å². The van der Waals surface area contributed by atoms with E-state index in [4.69, 9.17) is 4.74 Å². The molecule has 4 nitrogen and oxygen atoms in total. The highest BCUT2D eigenvalue weighted by atomic mass is 16.5. The first-order valence-electron chi connectivity index (χ1n) is 7.11. The molecule has 0 spiro atoms. The van der Waals surface area contributed by atoms with Crippen LogP contribution in [0.5, 0.6) is 0 Å². The van der Waals surface area contributed by atoms with Gasteiger partial charge in [-0.05, 0) is 48.6 Å². The Bertz CT molecular complexity index is 609. The normalized spacial score (nSPS) is 15.5. The van der Waals surface area contributed by atoms with Crippen LogP contribution < -0.4 is 4.90 Å². The lowest BCUT2D eigenvalue weighted by molar-refractivity contribution is 0.104. The molecule has 1 aromatic heterocycles. The summed E-state index contributed by atoms with van der Waals surface area (Å²) in [5.74, 6) is 0.0122. The number of aromatic nitrogens is 1. The monoisotopic (exact) mass is 282 g/mol. The maximum Gasteiger partial charge on any atom is 0.185 e.